The summed E-state index contributed by atoms with van der Waals surface area (Å²) in [6.45, 7) is -0.0715. The van der Waals surface area contributed by atoms with Crippen molar-refractivity contribution in [1.29, 1.82) is 0 Å². The first kappa shape index (κ1) is 18.7. The second-order valence-electron chi connectivity index (χ2n) is 6.20. The molecule has 27 heavy (non-hydrogen) atoms. The summed E-state index contributed by atoms with van der Waals surface area (Å²) >= 11 is 0. The lowest BCUT2D eigenvalue weighted by molar-refractivity contribution is 0.380. The van der Waals surface area contributed by atoms with Gasteiger partial charge in [0.05, 0.1) is 12.6 Å². The van der Waals surface area contributed by atoms with Crippen molar-refractivity contribution in [3.05, 3.63) is 105 Å². The van der Waals surface area contributed by atoms with Crippen LogP contribution in [0.25, 0.3) is 0 Å². The first-order valence-corrected chi connectivity index (χ1v) is 8.67. The third kappa shape index (κ3) is 4.54. The number of nitrogens with one attached hydrogen (secondary N) is 1. The second kappa shape index (κ2) is 9.00. The highest BCUT2D eigenvalue weighted by Crippen LogP contribution is 2.18. The van der Waals surface area contributed by atoms with Crippen molar-refractivity contribution < 1.29 is 4.39 Å². The van der Waals surface area contributed by atoms with E-state index >= 15 is 0 Å². The fourth-order valence-electron chi connectivity index (χ4n) is 2.92. The molecule has 0 aliphatic carbocycles. The lowest BCUT2D eigenvalue weighted by Crippen LogP contribution is -2.25. The number of nitroso groups, excluding NO2 is 1. The normalized spacial score (nSPS) is 11.9. The fraction of sp³-hybridized carbons (Fsp3) is 0.190. The predicted molar refractivity (Wildman–Crippen MR) is 104 cm³/mol. The van der Waals surface area contributed by atoms with Crippen molar-refractivity contribution in [3.8, 4) is 0 Å². The minimum atomic E-state index is -0.598. The van der Waals surface area contributed by atoms with Gasteiger partial charge in [-0.05, 0) is 22.4 Å². The Morgan fingerprint density at radius 3 is 2.30 bits per heavy atom. The minimum Gasteiger partial charge on any atom is -0.309 e. The van der Waals surface area contributed by atoms with E-state index in [0.717, 1.165) is 11.1 Å². The molecule has 6 heteroatoms. The van der Waals surface area contributed by atoms with Gasteiger partial charge in [0.2, 0.25) is 0 Å². The second-order valence-corrected chi connectivity index (χ2v) is 6.20. The fourth-order valence-corrected chi connectivity index (χ4v) is 2.92. The van der Waals surface area contributed by atoms with E-state index in [4.69, 9.17) is 0 Å². The molecule has 0 unspecified atom stereocenters. The molecule has 0 aliphatic heterocycles. The first-order valence-electron chi connectivity index (χ1n) is 8.67. The molecule has 138 valence electrons. The van der Waals surface area contributed by atoms with Gasteiger partial charge in [0.15, 0.2) is 5.69 Å². The topological polar surface area (TPSA) is 63.5 Å². The molecule has 1 aromatic heterocycles. The molecule has 0 bridgehead atoms. The minimum absolute atomic E-state index is 0.147. The molecule has 3 aromatic rings. The van der Waals surface area contributed by atoms with Crippen LogP contribution in [-0.2, 0) is 13.1 Å². The Bertz CT molecular complexity index is 943. The van der Waals surface area contributed by atoms with Crippen molar-refractivity contribution in [3.63, 3.8) is 0 Å². The smallest absolute Gasteiger partial charge is 0.280 e. The Morgan fingerprint density at radius 1 is 1.00 bits per heavy atom. The Morgan fingerprint density at radius 2 is 1.67 bits per heavy atom. The van der Waals surface area contributed by atoms with Crippen LogP contribution in [-0.4, -0.2) is 11.2 Å². The zero-order chi connectivity index (χ0) is 19.1. The number of nitrogens with zero attached hydrogens (tertiary/aromatic N) is 2. The van der Waals surface area contributed by atoms with Crippen molar-refractivity contribution in [2.24, 2.45) is 5.18 Å². The third-order valence-corrected chi connectivity index (χ3v) is 4.41. The average Bonchev–Trinajstić information content (AvgIpc) is 2.72. The average molecular weight is 365 g/mol. The van der Waals surface area contributed by atoms with E-state index < -0.39 is 18.3 Å². The number of alkyl halides is 1. The van der Waals surface area contributed by atoms with E-state index in [2.05, 4.69) is 10.5 Å². The number of rotatable bonds is 8. The van der Waals surface area contributed by atoms with Crippen LogP contribution in [0.1, 0.15) is 22.7 Å². The zero-order valence-electron chi connectivity index (χ0n) is 14.7. The molecular weight excluding hydrogens is 345 g/mol. The number of hydrogen-bond acceptors (Lipinski definition) is 4. The maximum atomic E-state index is 13.4. The van der Waals surface area contributed by atoms with Crippen LogP contribution in [0.2, 0.25) is 0 Å². The maximum absolute atomic E-state index is 13.4. The number of benzene rings is 2. The van der Waals surface area contributed by atoms with Gasteiger partial charge in [-0.25, -0.2) is 4.39 Å². The van der Waals surface area contributed by atoms with Gasteiger partial charge in [-0.3, -0.25) is 4.79 Å². The summed E-state index contributed by atoms with van der Waals surface area (Å²) in [6, 6.07) is 19.8. The summed E-state index contributed by atoms with van der Waals surface area (Å²) in [6.07, 6.45) is 1.63. The van der Waals surface area contributed by atoms with Gasteiger partial charge < -0.3 is 9.88 Å². The molecule has 5 nitrogen and oxygen atoms in total. The zero-order valence-corrected chi connectivity index (χ0v) is 14.7. The molecule has 2 aromatic carbocycles. The van der Waals surface area contributed by atoms with Gasteiger partial charge in [-0.15, -0.1) is 4.91 Å². The van der Waals surface area contributed by atoms with Crippen LogP contribution >= 0.6 is 0 Å². The third-order valence-electron chi connectivity index (χ3n) is 4.41. The Hall–Kier alpha value is -3.12. The van der Waals surface area contributed by atoms with Gasteiger partial charge in [0, 0.05) is 18.3 Å². The molecule has 0 saturated heterocycles. The number of pyridine rings is 1. The van der Waals surface area contributed by atoms with E-state index in [9.17, 15) is 14.1 Å². The lowest BCUT2D eigenvalue weighted by Gasteiger charge is -2.16. The molecule has 0 aliphatic rings. The monoisotopic (exact) mass is 365 g/mol. The van der Waals surface area contributed by atoms with Gasteiger partial charge in [-0.2, -0.15) is 0 Å². The maximum Gasteiger partial charge on any atom is 0.280 e. The van der Waals surface area contributed by atoms with Crippen molar-refractivity contribution in [1.82, 2.24) is 9.88 Å². The lowest BCUT2D eigenvalue weighted by atomic mass is 10.1. The standard InChI is InChI=1S/C21H20FN3O2/c22-13-19(17-9-5-2-6-10-17)23-14-18-11-12-25(21(26)20(18)24-27)15-16-7-3-1-4-8-16/h1-12,19,23H,13-15H2/t19-/m1/s1. The first-order chi connectivity index (χ1) is 13.2. The summed E-state index contributed by atoms with van der Waals surface area (Å²) in [5, 5.41) is 5.98. The van der Waals surface area contributed by atoms with Crippen LogP contribution in [0.3, 0.4) is 0 Å². The van der Waals surface area contributed by atoms with Crippen LogP contribution in [0.4, 0.5) is 10.1 Å². The molecule has 0 saturated carbocycles. The molecule has 1 N–H and O–H groups in total. The highest BCUT2D eigenvalue weighted by Gasteiger charge is 2.15. The van der Waals surface area contributed by atoms with Crippen LogP contribution in [0.5, 0.6) is 0 Å². The SMILES string of the molecule is O=Nc1c(CN[C@H](CF)c2ccccc2)ccn(Cc2ccccc2)c1=O. The molecule has 3 rings (SSSR count). The van der Waals surface area contributed by atoms with E-state index in [1.165, 1.54) is 4.57 Å². The van der Waals surface area contributed by atoms with Crippen molar-refractivity contribution in [2.45, 2.75) is 19.1 Å². The molecule has 0 fully saturated rings. The number of aromatic nitrogens is 1. The van der Waals surface area contributed by atoms with E-state index in [1.54, 1.807) is 12.3 Å². The summed E-state index contributed by atoms with van der Waals surface area (Å²) in [4.78, 5) is 23.8. The van der Waals surface area contributed by atoms with Gasteiger partial charge in [0.1, 0.15) is 6.67 Å². The summed E-state index contributed by atoms with van der Waals surface area (Å²) in [5.41, 5.74) is 1.60. The van der Waals surface area contributed by atoms with Crippen molar-refractivity contribution in [2.75, 3.05) is 6.67 Å². The summed E-state index contributed by atoms with van der Waals surface area (Å²) < 4.78 is 14.8. The Kier molecular flexibility index (Phi) is 6.22. The van der Waals surface area contributed by atoms with Crippen LogP contribution in [0.15, 0.2) is 82.9 Å². The molecule has 1 heterocycles. The molecule has 1 atom stereocenters. The molecule has 0 spiro atoms. The molecular formula is C21H20FN3O2. The highest BCUT2D eigenvalue weighted by molar-refractivity contribution is 5.43. The highest BCUT2D eigenvalue weighted by atomic mass is 19.1. The van der Waals surface area contributed by atoms with E-state index in [1.807, 2.05) is 60.7 Å². The number of halogens is 1. The van der Waals surface area contributed by atoms with Gasteiger partial charge in [-0.1, -0.05) is 60.7 Å². The summed E-state index contributed by atoms with van der Waals surface area (Å²) in [7, 11) is 0. The predicted octanol–water partition coefficient (Wildman–Crippen LogP) is 4.09. The van der Waals surface area contributed by atoms with Crippen LogP contribution < -0.4 is 10.9 Å². The molecule has 0 radical (unpaired) electrons. The van der Waals surface area contributed by atoms with E-state index in [-0.39, 0.29) is 12.2 Å². The Labute approximate surface area is 156 Å². The summed E-state index contributed by atoms with van der Waals surface area (Å²) in [5.74, 6) is 0. The van der Waals surface area contributed by atoms with Gasteiger partial charge >= 0.3 is 0 Å². The quantitative estimate of drug-likeness (QED) is 0.612. The molecule has 0 amide bonds. The van der Waals surface area contributed by atoms with E-state index in [0.29, 0.717) is 12.1 Å². The largest absolute Gasteiger partial charge is 0.309 e. The van der Waals surface area contributed by atoms with Crippen molar-refractivity contribution >= 4 is 5.69 Å². The Balaban J connectivity index is 1.79. The number of hydrogen-bond donors (Lipinski definition) is 1. The van der Waals surface area contributed by atoms with Crippen LogP contribution in [0, 0.1) is 4.91 Å². The van der Waals surface area contributed by atoms with Gasteiger partial charge in [0.25, 0.3) is 5.56 Å².